The number of aromatic amines is 1. The van der Waals surface area contributed by atoms with E-state index in [4.69, 9.17) is 0 Å². The normalized spacial score (nSPS) is 16.7. The summed E-state index contributed by atoms with van der Waals surface area (Å²) in [7, 11) is 1.77. The van der Waals surface area contributed by atoms with Gasteiger partial charge < -0.3 is 10.2 Å². The summed E-state index contributed by atoms with van der Waals surface area (Å²) in [6, 6.07) is 0.268. The minimum Gasteiger partial charge on any atom is -0.338 e. The number of H-pyrrole nitrogens is 1. The summed E-state index contributed by atoms with van der Waals surface area (Å²) in [4.78, 5) is 31.8. The van der Waals surface area contributed by atoms with E-state index in [0.29, 0.717) is 17.5 Å². The molecular formula is C18H28ClN5O2. The molecule has 0 saturated carbocycles. The fraction of sp³-hybridized carbons (Fsp3) is 0.611. The number of aryl methyl sites for hydroxylation is 3. The van der Waals surface area contributed by atoms with Crippen molar-refractivity contribution in [2.24, 2.45) is 7.05 Å². The van der Waals surface area contributed by atoms with Gasteiger partial charge in [-0.3, -0.25) is 19.4 Å². The summed E-state index contributed by atoms with van der Waals surface area (Å²) in [5.41, 5.74) is 3.04. The first-order chi connectivity index (χ1) is 11.9. The molecule has 0 aromatic carbocycles. The third-order valence-electron chi connectivity index (χ3n) is 5.16. The van der Waals surface area contributed by atoms with Crippen molar-refractivity contribution in [3.05, 3.63) is 27.2 Å². The summed E-state index contributed by atoms with van der Waals surface area (Å²) in [5.74, 6) is 0.121. The Morgan fingerprint density at radius 1 is 1.38 bits per heavy atom. The average molecular weight is 382 g/mol. The first-order valence-electron chi connectivity index (χ1n) is 8.99. The molecule has 0 spiro atoms. The lowest BCUT2D eigenvalue weighted by molar-refractivity contribution is -0.132. The minimum absolute atomic E-state index is 0. The molecule has 1 fully saturated rings. The van der Waals surface area contributed by atoms with Crippen LogP contribution in [0.2, 0.25) is 0 Å². The van der Waals surface area contributed by atoms with E-state index in [9.17, 15) is 9.59 Å². The molecular weight excluding hydrogens is 354 g/mol. The van der Waals surface area contributed by atoms with Crippen molar-refractivity contribution in [3.63, 3.8) is 0 Å². The van der Waals surface area contributed by atoms with Gasteiger partial charge in [0.25, 0.3) is 5.56 Å². The number of rotatable bonds is 5. The Bertz CT molecular complexity index is 851. The van der Waals surface area contributed by atoms with E-state index in [1.54, 1.807) is 11.7 Å². The van der Waals surface area contributed by atoms with Gasteiger partial charge in [0, 0.05) is 31.9 Å². The molecule has 3 heterocycles. The summed E-state index contributed by atoms with van der Waals surface area (Å²) in [6.07, 6.45) is 2.24. The van der Waals surface area contributed by atoms with Gasteiger partial charge >= 0.3 is 0 Å². The molecule has 8 heteroatoms. The Labute approximate surface area is 159 Å². The van der Waals surface area contributed by atoms with Crippen LogP contribution in [0, 0.1) is 13.8 Å². The topological polar surface area (TPSA) is 83.0 Å². The Morgan fingerprint density at radius 2 is 2.12 bits per heavy atom. The number of hydrogen-bond acceptors (Lipinski definition) is 4. The number of pyridine rings is 1. The van der Waals surface area contributed by atoms with Crippen molar-refractivity contribution in [1.29, 1.82) is 0 Å². The van der Waals surface area contributed by atoms with Gasteiger partial charge in [0.1, 0.15) is 0 Å². The van der Waals surface area contributed by atoms with Crippen molar-refractivity contribution in [2.45, 2.75) is 46.1 Å². The van der Waals surface area contributed by atoms with Crippen LogP contribution in [0.5, 0.6) is 0 Å². The highest BCUT2D eigenvalue weighted by molar-refractivity contribution is 5.85. The highest BCUT2D eigenvalue weighted by Gasteiger charge is 2.27. The predicted octanol–water partition coefficient (Wildman–Crippen LogP) is 1.44. The molecule has 1 unspecified atom stereocenters. The van der Waals surface area contributed by atoms with Crippen molar-refractivity contribution < 1.29 is 4.79 Å². The van der Waals surface area contributed by atoms with Gasteiger partial charge in [-0.15, -0.1) is 12.4 Å². The fourth-order valence-electron chi connectivity index (χ4n) is 3.82. The van der Waals surface area contributed by atoms with Gasteiger partial charge in [-0.25, -0.2) is 4.98 Å². The molecule has 1 aliphatic rings. The van der Waals surface area contributed by atoms with Crippen LogP contribution < -0.4 is 10.9 Å². The number of hydrogen-bond donors (Lipinski definition) is 2. The third kappa shape index (κ3) is 3.64. The Kier molecular flexibility index (Phi) is 6.47. The summed E-state index contributed by atoms with van der Waals surface area (Å²) < 4.78 is 1.64. The van der Waals surface area contributed by atoms with Crippen LogP contribution in [0.4, 0.5) is 0 Å². The lowest BCUT2D eigenvalue weighted by atomic mass is 10.0. The summed E-state index contributed by atoms with van der Waals surface area (Å²) in [5, 5.41) is 6.66. The van der Waals surface area contributed by atoms with Crippen LogP contribution in [0.3, 0.4) is 0 Å². The van der Waals surface area contributed by atoms with Crippen LogP contribution in [0.1, 0.15) is 36.6 Å². The fourth-order valence-corrected chi connectivity index (χ4v) is 3.82. The Hall–Kier alpha value is -1.86. The lowest BCUT2D eigenvalue weighted by Gasteiger charge is -2.28. The van der Waals surface area contributed by atoms with Gasteiger partial charge in [-0.1, -0.05) is 6.92 Å². The van der Waals surface area contributed by atoms with Crippen LogP contribution in [0.25, 0.3) is 11.0 Å². The van der Waals surface area contributed by atoms with Gasteiger partial charge in [0.2, 0.25) is 5.91 Å². The van der Waals surface area contributed by atoms with E-state index in [0.717, 1.165) is 49.3 Å². The average Bonchev–Trinajstić information content (AvgIpc) is 3.17. The van der Waals surface area contributed by atoms with Crippen LogP contribution in [-0.2, 0) is 18.3 Å². The van der Waals surface area contributed by atoms with E-state index in [1.807, 2.05) is 18.7 Å². The smallest absolute Gasteiger partial charge is 0.273 e. The van der Waals surface area contributed by atoms with Gasteiger partial charge in [0.05, 0.1) is 11.8 Å². The molecule has 7 nitrogen and oxygen atoms in total. The van der Waals surface area contributed by atoms with Gasteiger partial charge in [-0.2, -0.15) is 0 Å². The third-order valence-corrected chi connectivity index (χ3v) is 5.16. The van der Waals surface area contributed by atoms with E-state index in [1.165, 1.54) is 0 Å². The number of carbonyl (C=O) groups excluding carboxylic acids is 1. The van der Waals surface area contributed by atoms with E-state index >= 15 is 0 Å². The second-order valence-corrected chi connectivity index (χ2v) is 6.91. The van der Waals surface area contributed by atoms with E-state index < -0.39 is 0 Å². The van der Waals surface area contributed by atoms with E-state index in [2.05, 4.69) is 22.3 Å². The molecule has 144 valence electrons. The largest absolute Gasteiger partial charge is 0.338 e. The second kappa shape index (κ2) is 8.22. The molecule has 2 N–H and O–H groups in total. The minimum atomic E-state index is -0.151. The summed E-state index contributed by atoms with van der Waals surface area (Å²) >= 11 is 0. The van der Waals surface area contributed by atoms with Crippen LogP contribution >= 0.6 is 12.4 Å². The molecule has 0 radical (unpaired) electrons. The molecule has 1 atom stereocenters. The molecule has 1 aliphatic heterocycles. The maximum Gasteiger partial charge on any atom is 0.273 e. The quantitative estimate of drug-likeness (QED) is 0.821. The number of aromatic nitrogens is 3. The SMILES string of the molecule is CCCN(C(=O)Cc1c(C)nc2c(c1C)c(=O)[nH]n2C)C1CCNC1.Cl. The molecule has 0 aliphatic carbocycles. The first kappa shape index (κ1) is 20.5. The maximum absolute atomic E-state index is 13.0. The molecule has 2 aromatic rings. The molecule has 1 saturated heterocycles. The summed E-state index contributed by atoms with van der Waals surface area (Å²) in [6.45, 7) is 8.51. The number of amides is 1. The lowest BCUT2D eigenvalue weighted by Crippen LogP contribution is -2.43. The number of halogens is 1. The number of carbonyl (C=O) groups is 1. The van der Waals surface area contributed by atoms with Gasteiger partial charge in [-0.05, 0) is 44.4 Å². The number of nitrogens with one attached hydrogen (secondary N) is 2. The van der Waals surface area contributed by atoms with Crippen molar-refractivity contribution in [1.82, 2.24) is 25.0 Å². The molecule has 3 rings (SSSR count). The first-order valence-corrected chi connectivity index (χ1v) is 8.99. The number of fused-ring (bicyclic) bond motifs is 1. The molecule has 1 amide bonds. The molecule has 26 heavy (non-hydrogen) atoms. The standard InChI is InChI=1S/C18H27N5O2.ClH/c1-5-8-23(13-6-7-19-10-13)15(24)9-14-11(2)16-17(20-12(14)3)22(4)21-18(16)25;/h13,19H,5-10H2,1-4H3,(H,21,25);1H. The zero-order valence-corrected chi connectivity index (χ0v) is 16.7. The van der Waals surface area contributed by atoms with Crippen molar-refractivity contribution in [2.75, 3.05) is 19.6 Å². The van der Waals surface area contributed by atoms with Crippen LogP contribution in [0.15, 0.2) is 4.79 Å². The van der Waals surface area contributed by atoms with Crippen molar-refractivity contribution >= 4 is 29.3 Å². The van der Waals surface area contributed by atoms with Crippen molar-refractivity contribution in [3.8, 4) is 0 Å². The van der Waals surface area contributed by atoms with E-state index in [-0.39, 0.29) is 29.9 Å². The monoisotopic (exact) mass is 381 g/mol. The highest BCUT2D eigenvalue weighted by atomic mass is 35.5. The predicted molar refractivity (Wildman–Crippen MR) is 105 cm³/mol. The Morgan fingerprint density at radius 3 is 2.73 bits per heavy atom. The molecule has 2 aromatic heterocycles. The van der Waals surface area contributed by atoms with Gasteiger partial charge in [0.15, 0.2) is 5.65 Å². The molecule has 0 bridgehead atoms. The number of nitrogens with zero attached hydrogens (tertiary/aromatic N) is 3. The van der Waals surface area contributed by atoms with Crippen LogP contribution in [-0.4, -0.2) is 51.2 Å². The second-order valence-electron chi connectivity index (χ2n) is 6.91. The zero-order valence-electron chi connectivity index (χ0n) is 15.9. The maximum atomic E-state index is 13.0. The Balaban J connectivity index is 0.00000243. The highest BCUT2D eigenvalue weighted by Crippen LogP contribution is 2.22. The zero-order chi connectivity index (χ0) is 18.1.